The topological polar surface area (TPSA) is 55.6 Å². The molecule has 1 atom stereocenters. The highest BCUT2D eigenvalue weighted by molar-refractivity contribution is 5.98. The highest BCUT2D eigenvalue weighted by atomic mass is 16.5. The van der Waals surface area contributed by atoms with Crippen molar-refractivity contribution in [2.45, 2.75) is 13.0 Å². The molecule has 0 fully saturated rings. The molecule has 0 saturated heterocycles. The van der Waals surface area contributed by atoms with Gasteiger partial charge in [-0.25, -0.2) is 0 Å². The van der Waals surface area contributed by atoms with Gasteiger partial charge in [-0.15, -0.1) is 0 Å². The number of methoxy groups -OCH3 is 1. The van der Waals surface area contributed by atoms with Gasteiger partial charge in [-0.1, -0.05) is 12.1 Å². The molecule has 1 aromatic rings. The lowest BCUT2D eigenvalue weighted by Crippen LogP contribution is -2.36. The third-order valence-corrected chi connectivity index (χ3v) is 2.33. The second-order valence-corrected chi connectivity index (χ2v) is 3.33. The molecule has 0 aliphatic heterocycles. The summed E-state index contributed by atoms with van der Waals surface area (Å²) in [4.78, 5) is 13.3. The summed E-state index contributed by atoms with van der Waals surface area (Å²) in [6, 6.07) is 7.23. The number of hydrogen-bond donors (Lipinski definition) is 1. The lowest BCUT2D eigenvalue weighted by atomic mass is 10.2. The van der Waals surface area contributed by atoms with Gasteiger partial charge in [0.1, 0.15) is 6.10 Å². The minimum absolute atomic E-state index is 0.115. The summed E-state index contributed by atoms with van der Waals surface area (Å²) in [5, 5.41) is 0. The van der Waals surface area contributed by atoms with Crippen molar-refractivity contribution >= 4 is 17.3 Å². The van der Waals surface area contributed by atoms with E-state index in [-0.39, 0.29) is 5.91 Å². The maximum atomic E-state index is 11.8. The first-order chi connectivity index (χ1) is 7.07. The van der Waals surface area contributed by atoms with Crippen LogP contribution in [0.1, 0.15) is 6.92 Å². The van der Waals surface area contributed by atoms with Gasteiger partial charge in [-0.2, -0.15) is 0 Å². The zero-order valence-corrected chi connectivity index (χ0v) is 9.23. The molecule has 0 aliphatic carbocycles. The van der Waals surface area contributed by atoms with E-state index in [2.05, 4.69) is 0 Å². The van der Waals surface area contributed by atoms with Crippen LogP contribution in [0.2, 0.25) is 0 Å². The fourth-order valence-corrected chi connectivity index (χ4v) is 1.29. The molecular formula is C11H16N2O2. The molecule has 0 saturated carbocycles. The lowest BCUT2D eigenvalue weighted by Gasteiger charge is -2.21. The lowest BCUT2D eigenvalue weighted by molar-refractivity contribution is -0.127. The molecule has 0 heterocycles. The largest absolute Gasteiger partial charge is 0.397 e. The Labute approximate surface area is 89.6 Å². The predicted molar refractivity (Wildman–Crippen MR) is 60.7 cm³/mol. The molecule has 15 heavy (non-hydrogen) atoms. The van der Waals surface area contributed by atoms with Gasteiger partial charge in [0, 0.05) is 14.2 Å². The van der Waals surface area contributed by atoms with Crippen molar-refractivity contribution in [3.05, 3.63) is 24.3 Å². The van der Waals surface area contributed by atoms with Crippen LogP contribution in [0, 0.1) is 0 Å². The molecule has 0 aliphatic rings. The SMILES string of the molecule is COC(C)C(=O)N(C)c1ccccc1N. The summed E-state index contributed by atoms with van der Waals surface area (Å²) in [7, 11) is 3.19. The first-order valence-electron chi connectivity index (χ1n) is 4.72. The van der Waals surface area contributed by atoms with Crippen LogP contribution in [-0.4, -0.2) is 26.2 Å². The number of rotatable bonds is 3. The van der Waals surface area contributed by atoms with Crippen molar-refractivity contribution in [3.63, 3.8) is 0 Å². The molecule has 82 valence electrons. The van der Waals surface area contributed by atoms with E-state index in [9.17, 15) is 4.79 Å². The second-order valence-electron chi connectivity index (χ2n) is 3.33. The molecule has 0 radical (unpaired) electrons. The highest BCUT2D eigenvalue weighted by Crippen LogP contribution is 2.21. The zero-order valence-electron chi connectivity index (χ0n) is 9.23. The van der Waals surface area contributed by atoms with E-state index in [0.717, 1.165) is 0 Å². The van der Waals surface area contributed by atoms with Crippen LogP contribution in [0.3, 0.4) is 0 Å². The van der Waals surface area contributed by atoms with E-state index < -0.39 is 6.10 Å². The number of benzene rings is 1. The number of para-hydroxylation sites is 2. The molecule has 0 spiro atoms. The fraction of sp³-hybridized carbons (Fsp3) is 0.364. The Balaban J connectivity index is 2.90. The Morgan fingerprint density at radius 3 is 2.60 bits per heavy atom. The summed E-state index contributed by atoms with van der Waals surface area (Å²) in [6.07, 6.45) is -0.463. The Morgan fingerprint density at radius 1 is 1.47 bits per heavy atom. The zero-order chi connectivity index (χ0) is 11.4. The second kappa shape index (κ2) is 4.79. The van der Waals surface area contributed by atoms with E-state index in [0.29, 0.717) is 11.4 Å². The minimum atomic E-state index is -0.463. The van der Waals surface area contributed by atoms with Crippen LogP contribution in [0.4, 0.5) is 11.4 Å². The monoisotopic (exact) mass is 208 g/mol. The Morgan fingerprint density at radius 2 is 2.07 bits per heavy atom. The standard InChI is InChI=1S/C11H16N2O2/c1-8(15-3)11(14)13(2)10-7-5-4-6-9(10)12/h4-8H,12H2,1-3H3. The van der Waals surface area contributed by atoms with Gasteiger partial charge in [0.2, 0.25) is 0 Å². The average Bonchev–Trinajstić information content (AvgIpc) is 2.26. The average molecular weight is 208 g/mol. The van der Waals surface area contributed by atoms with E-state index in [1.165, 1.54) is 12.0 Å². The van der Waals surface area contributed by atoms with Gasteiger partial charge in [-0.05, 0) is 19.1 Å². The Kier molecular flexibility index (Phi) is 3.68. The first-order valence-corrected chi connectivity index (χ1v) is 4.72. The predicted octanol–water partition coefficient (Wildman–Crippen LogP) is 1.27. The van der Waals surface area contributed by atoms with E-state index in [4.69, 9.17) is 10.5 Å². The number of carbonyl (C=O) groups excluding carboxylic acids is 1. The van der Waals surface area contributed by atoms with Crippen molar-refractivity contribution in [2.24, 2.45) is 0 Å². The summed E-state index contributed by atoms with van der Waals surface area (Å²) in [5.41, 5.74) is 7.05. The molecular weight excluding hydrogens is 192 g/mol. The van der Waals surface area contributed by atoms with Gasteiger partial charge in [-0.3, -0.25) is 4.79 Å². The van der Waals surface area contributed by atoms with Crippen LogP contribution in [0.15, 0.2) is 24.3 Å². The quantitative estimate of drug-likeness (QED) is 0.761. The summed E-state index contributed by atoms with van der Waals surface area (Å²) < 4.78 is 4.96. The molecule has 1 amide bonds. The van der Waals surface area contributed by atoms with E-state index >= 15 is 0 Å². The van der Waals surface area contributed by atoms with Gasteiger partial charge in [0.25, 0.3) is 5.91 Å². The van der Waals surface area contributed by atoms with Crippen molar-refractivity contribution in [3.8, 4) is 0 Å². The van der Waals surface area contributed by atoms with Crippen molar-refractivity contribution in [1.82, 2.24) is 0 Å². The van der Waals surface area contributed by atoms with Crippen LogP contribution < -0.4 is 10.6 Å². The Hall–Kier alpha value is -1.55. The van der Waals surface area contributed by atoms with Crippen LogP contribution >= 0.6 is 0 Å². The number of anilines is 2. The number of carbonyl (C=O) groups is 1. The Bertz CT molecular complexity index is 352. The third kappa shape index (κ3) is 2.47. The number of likely N-dealkylation sites (N-methyl/N-ethyl adjacent to an activating group) is 1. The summed E-state index contributed by atoms with van der Waals surface area (Å²) in [5.74, 6) is -0.115. The van der Waals surface area contributed by atoms with Gasteiger partial charge < -0.3 is 15.4 Å². The summed E-state index contributed by atoms with van der Waals surface area (Å²) >= 11 is 0. The molecule has 0 bridgehead atoms. The number of amides is 1. The molecule has 1 aromatic carbocycles. The van der Waals surface area contributed by atoms with Crippen LogP contribution in [-0.2, 0) is 9.53 Å². The van der Waals surface area contributed by atoms with E-state index in [1.807, 2.05) is 12.1 Å². The number of ether oxygens (including phenoxy) is 1. The van der Waals surface area contributed by atoms with Crippen molar-refractivity contribution < 1.29 is 9.53 Å². The molecule has 1 rings (SSSR count). The van der Waals surface area contributed by atoms with Crippen LogP contribution in [0.5, 0.6) is 0 Å². The third-order valence-electron chi connectivity index (χ3n) is 2.33. The highest BCUT2D eigenvalue weighted by Gasteiger charge is 2.19. The van der Waals surface area contributed by atoms with Gasteiger partial charge in [0.05, 0.1) is 11.4 Å². The van der Waals surface area contributed by atoms with Gasteiger partial charge >= 0.3 is 0 Å². The fourth-order valence-electron chi connectivity index (χ4n) is 1.29. The molecule has 4 nitrogen and oxygen atoms in total. The van der Waals surface area contributed by atoms with Crippen molar-refractivity contribution in [2.75, 3.05) is 24.8 Å². The number of hydrogen-bond acceptors (Lipinski definition) is 3. The van der Waals surface area contributed by atoms with Crippen LogP contribution in [0.25, 0.3) is 0 Å². The van der Waals surface area contributed by atoms with E-state index in [1.54, 1.807) is 26.1 Å². The number of nitrogens with zero attached hydrogens (tertiary/aromatic N) is 1. The smallest absolute Gasteiger partial charge is 0.255 e. The van der Waals surface area contributed by atoms with Gasteiger partial charge in [0.15, 0.2) is 0 Å². The molecule has 4 heteroatoms. The first kappa shape index (κ1) is 11.5. The molecule has 2 N–H and O–H groups in total. The summed E-state index contributed by atoms with van der Waals surface area (Å²) in [6.45, 7) is 1.71. The number of nitrogens with two attached hydrogens (primary N) is 1. The minimum Gasteiger partial charge on any atom is -0.397 e. The van der Waals surface area contributed by atoms with Crippen molar-refractivity contribution in [1.29, 1.82) is 0 Å². The maximum absolute atomic E-state index is 11.8. The molecule has 1 unspecified atom stereocenters. The number of nitrogen functional groups attached to an aromatic ring is 1. The normalized spacial score (nSPS) is 12.2. The molecule has 0 aromatic heterocycles. The maximum Gasteiger partial charge on any atom is 0.255 e.